The largest absolute Gasteiger partial charge is 0.495 e. The van der Waals surface area contributed by atoms with Gasteiger partial charge in [0.05, 0.1) is 19.9 Å². The van der Waals surface area contributed by atoms with Crippen LogP contribution in [0.2, 0.25) is 0 Å². The van der Waals surface area contributed by atoms with Gasteiger partial charge in [-0.25, -0.2) is 9.97 Å². The van der Waals surface area contributed by atoms with E-state index in [1.165, 1.54) is 0 Å². The highest BCUT2D eigenvalue weighted by Crippen LogP contribution is 2.35. The number of nitrogens with zero attached hydrogens (tertiary/aromatic N) is 5. The molecule has 4 N–H and O–H groups in total. The Balaban J connectivity index is 1.38. The normalized spacial score (nSPS) is 25.1. The van der Waals surface area contributed by atoms with Crippen LogP contribution in [-0.4, -0.2) is 104 Å². The van der Waals surface area contributed by atoms with Gasteiger partial charge in [-0.1, -0.05) is 6.92 Å². The molecule has 3 aliphatic rings. The van der Waals surface area contributed by atoms with Crippen molar-refractivity contribution >= 4 is 28.9 Å². The number of hydrogen-bond acceptors (Lipinski definition) is 10. The summed E-state index contributed by atoms with van der Waals surface area (Å²) in [4.78, 5) is 28.7. The first-order valence-corrected chi connectivity index (χ1v) is 14.0. The molecule has 0 saturated carbocycles. The van der Waals surface area contributed by atoms with Crippen molar-refractivity contribution in [2.45, 2.75) is 51.0 Å². The number of likely N-dealkylation sites (N-methyl/N-ethyl adjacent to an activating group) is 1. The van der Waals surface area contributed by atoms with Crippen LogP contribution in [0.5, 0.6) is 5.75 Å². The van der Waals surface area contributed by atoms with Gasteiger partial charge in [-0.2, -0.15) is 0 Å². The van der Waals surface area contributed by atoms with Crippen molar-refractivity contribution in [1.82, 2.24) is 19.8 Å². The van der Waals surface area contributed by atoms with Crippen molar-refractivity contribution in [3.05, 3.63) is 29.6 Å². The average molecular weight is 558 g/mol. The molecule has 11 heteroatoms. The van der Waals surface area contributed by atoms with Crippen molar-refractivity contribution < 1.29 is 21.1 Å². The highest BCUT2D eigenvalue weighted by Gasteiger charge is 2.28. The molecule has 0 bridgehead atoms. The third-order valence-electron chi connectivity index (χ3n) is 7.78. The molecule has 3 saturated heterocycles. The number of rotatable bonds is 9. The summed E-state index contributed by atoms with van der Waals surface area (Å²) in [7, 11) is 3.78. The fraction of sp³-hybridized carbons (Fsp3) is 0.621. The minimum Gasteiger partial charge on any atom is -0.495 e. The summed E-state index contributed by atoms with van der Waals surface area (Å²) >= 11 is 0. The van der Waals surface area contributed by atoms with Gasteiger partial charge in [-0.15, -0.1) is 0 Å². The highest BCUT2D eigenvalue weighted by atomic mass is 16.5. The van der Waals surface area contributed by atoms with E-state index in [2.05, 4.69) is 42.3 Å². The second-order valence-corrected chi connectivity index (χ2v) is 10.3. The van der Waals surface area contributed by atoms with E-state index in [0.29, 0.717) is 17.5 Å². The zero-order valence-electron chi connectivity index (χ0n) is 28.6. The summed E-state index contributed by atoms with van der Waals surface area (Å²) in [5, 5.41) is 5.79. The number of carbonyl (C=O) groups excluding carboxylic acids is 1. The van der Waals surface area contributed by atoms with Gasteiger partial charge in [0.15, 0.2) is 17.3 Å². The maximum absolute atomic E-state index is 12.4. The van der Waals surface area contributed by atoms with Crippen LogP contribution in [0, 0.1) is 0 Å². The number of nitrogens with one attached hydrogen (secondary N) is 2. The number of aryl methyl sites for hydroxylation is 1. The molecule has 11 nitrogen and oxygen atoms in total. The summed E-state index contributed by atoms with van der Waals surface area (Å²) in [6.45, 7) is 7.05. The zero-order valence-corrected chi connectivity index (χ0v) is 23.6. The number of primary amides is 1. The molecule has 0 unspecified atom stereocenters. The SMILES string of the molecule is [2H]C1([2H])COCC([2H])([2H])C1([2H])Nc1nc(Nc2ccc(N3CCC(N4CCN(C)CC4)CC3)c(OC)c2)c(C(N)=O)nc1CC. The van der Waals surface area contributed by atoms with Crippen LogP contribution < -0.4 is 26.0 Å². The molecular weight excluding hydrogens is 508 g/mol. The van der Waals surface area contributed by atoms with Crippen molar-refractivity contribution in [2.24, 2.45) is 5.73 Å². The Bertz CT molecular complexity index is 1370. The molecule has 0 aliphatic carbocycles. The molecular formula is C29H44N8O3. The summed E-state index contributed by atoms with van der Waals surface area (Å²) in [5.41, 5.74) is 7.29. The first-order valence-electron chi connectivity index (χ1n) is 16.5. The topological polar surface area (TPSA) is 121 Å². The number of methoxy groups -OCH3 is 1. The maximum atomic E-state index is 12.4. The standard InChI is InChI=1S/C29H44N8O3/c1-4-23-28(31-20-9-17-40-18-10-20)34-29(26(33-23)27(30)38)32-21-5-6-24(25(19-21)39-3)37-11-7-22(8-12-37)36-15-13-35(2)14-16-36/h5-6,19-20,22H,4,7-18H2,1-3H3,(H2,30,38)(H2,31,32,34)/i9D2,10D2,20D. The Kier molecular flexibility index (Phi) is 7.33. The van der Waals surface area contributed by atoms with E-state index in [1.54, 1.807) is 20.1 Å². The monoisotopic (exact) mass is 557 g/mol. The maximum Gasteiger partial charge on any atom is 0.271 e. The summed E-state index contributed by atoms with van der Waals surface area (Å²) in [6.07, 6.45) is -2.39. The number of hydrogen-bond donors (Lipinski definition) is 3. The van der Waals surface area contributed by atoms with E-state index in [0.717, 1.165) is 57.8 Å². The van der Waals surface area contributed by atoms with Gasteiger partial charge in [0.25, 0.3) is 5.91 Å². The molecule has 3 aliphatic heterocycles. The third kappa shape index (κ3) is 6.59. The Labute approximate surface area is 244 Å². The van der Waals surface area contributed by atoms with Crippen molar-refractivity contribution in [1.29, 1.82) is 0 Å². The molecule has 1 aromatic carbocycles. The van der Waals surface area contributed by atoms with Crippen LogP contribution >= 0.6 is 0 Å². The van der Waals surface area contributed by atoms with E-state index >= 15 is 0 Å². The quantitative estimate of drug-likeness (QED) is 0.424. The van der Waals surface area contributed by atoms with Gasteiger partial charge in [0.2, 0.25) is 0 Å². The fourth-order valence-electron chi connectivity index (χ4n) is 5.45. The molecule has 1 amide bonds. The molecule has 0 atom stereocenters. The number of ether oxygens (including phenoxy) is 2. The van der Waals surface area contributed by atoms with Crippen LogP contribution in [-0.2, 0) is 11.2 Å². The van der Waals surface area contributed by atoms with E-state index < -0.39 is 37.9 Å². The molecule has 0 radical (unpaired) electrons. The molecule has 3 fully saturated rings. The molecule has 0 spiro atoms. The van der Waals surface area contributed by atoms with Crippen LogP contribution in [0.15, 0.2) is 18.2 Å². The minimum atomic E-state index is -2.45. The van der Waals surface area contributed by atoms with Crippen LogP contribution in [0.1, 0.15) is 55.5 Å². The van der Waals surface area contributed by atoms with Crippen LogP contribution in [0.4, 0.5) is 23.0 Å². The lowest BCUT2D eigenvalue weighted by atomic mass is 10.0. The molecule has 4 heterocycles. The lowest BCUT2D eigenvalue weighted by Gasteiger charge is -2.42. The van der Waals surface area contributed by atoms with Gasteiger partial charge in [0, 0.05) is 81.8 Å². The first-order chi connectivity index (χ1) is 21.3. The molecule has 218 valence electrons. The van der Waals surface area contributed by atoms with Crippen molar-refractivity contribution in [3.8, 4) is 5.75 Å². The summed E-state index contributed by atoms with van der Waals surface area (Å²) in [6, 6.07) is 3.73. The van der Waals surface area contributed by atoms with Crippen LogP contribution in [0.25, 0.3) is 0 Å². The average Bonchev–Trinajstić information content (AvgIpc) is 3.00. The Morgan fingerprint density at radius 3 is 2.52 bits per heavy atom. The van der Waals surface area contributed by atoms with Gasteiger partial charge in [-0.3, -0.25) is 9.69 Å². The van der Waals surface area contributed by atoms with Gasteiger partial charge >= 0.3 is 0 Å². The Morgan fingerprint density at radius 1 is 1.15 bits per heavy atom. The second kappa shape index (κ2) is 13.0. The highest BCUT2D eigenvalue weighted by molar-refractivity contribution is 5.96. The molecule has 40 heavy (non-hydrogen) atoms. The van der Waals surface area contributed by atoms with E-state index in [9.17, 15) is 4.79 Å². The first kappa shape index (κ1) is 22.5. The molecule has 2 aromatic rings. The lowest BCUT2D eigenvalue weighted by molar-refractivity contribution is 0.0903. The number of carbonyl (C=O) groups is 1. The predicted molar refractivity (Wildman–Crippen MR) is 158 cm³/mol. The fourth-order valence-corrected chi connectivity index (χ4v) is 5.45. The predicted octanol–water partition coefficient (Wildman–Crippen LogP) is 2.70. The molecule has 5 rings (SSSR count). The van der Waals surface area contributed by atoms with Crippen molar-refractivity contribution in [2.75, 3.05) is 82.2 Å². The number of piperidine rings is 1. The molecule has 1 aromatic heterocycles. The summed E-state index contributed by atoms with van der Waals surface area (Å²) in [5.74, 6) is -0.220. The number of piperazine rings is 1. The second-order valence-electron chi connectivity index (χ2n) is 10.3. The Morgan fingerprint density at radius 2 is 1.88 bits per heavy atom. The van der Waals surface area contributed by atoms with Gasteiger partial charge < -0.3 is 35.6 Å². The number of nitrogens with two attached hydrogens (primary N) is 1. The number of amides is 1. The van der Waals surface area contributed by atoms with E-state index in [4.69, 9.17) is 22.1 Å². The van der Waals surface area contributed by atoms with Crippen LogP contribution in [0.3, 0.4) is 0 Å². The third-order valence-corrected chi connectivity index (χ3v) is 7.78. The number of aromatic nitrogens is 2. The smallest absolute Gasteiger partial charge is 0.271 e. The zero-order chi connectivity index (χ0) is 32.6. The van der Waals surface area contributed by atoms with Gasteiger partial charge in [0.1, 0.15) is 5.75 Å². The lowest BCUT2D eigenvalue weighted by Crippen LogP contribution is -2.52. The number of anilines is 4. The Hall–Kier alpha value is -3.15. The van der Waals surface area contributed by atoms with Crippen molar-refractivity contribution in [3.63, 3.8) is 0 Å². The van der Waals surface area contributed by atoms with Gasteiger partial charge in [-0.05, 0) is 51.2 Å². The minimum absolute atomic E-state index is 0.0122. The van der Waals surface area contributed by atoms with E-state index in [-0.39, 0.29) is 29.4 Å². The van der Waals surface area contributed by atoms with E-state index in [1.807, 2.05) is 12.1 Å². The number of benzene rings is 1. The summed E-state index contributed by atoms with van der Waals surface area (Å²) < 4.78 is 53.2.